The average molecular weight is 396 g/mol. The molecule has 0 radical (unpaired) electrons. The summed E-state index contributed by atoms with van der Waals surface area (Å²) in [5, 5.41) is 0. The summed E-state index contributed by atoms with van der Waals surface area (Å²) >= 11 is 2.67. The molecule has 0 aliphatic heterocycles. The van der Waals surface area contributed by atoms with Crippen LogP contribution in [0.4, 0.5) is 22.0 Å². The van der Waals surface area contributed by atoms with Gasteiger partial charge in [-0.15, -0.1) is 0 Å². The molecule has 0 unspecified atom stereocenters. The smallest absolute Gasteiger partial charge is 0.207 e. The van der Waals surface area contributed by atoms with Gasteiger partial charge >= 0.3 is 6.18 Å². The van der Waals surface area contributed by atoms with Crippen molar-refractivity contribution < 1.29 is 30.4 Å². The molecule has 0 fully saturated rings. The van der Waals surface area contributed by atoms with E-state index in [1.54, 1.807) is 0 Å². The monoisotopic (exact) mass is 395 g/mol. The molecule has 0 saturated heterocycles. The molecule has 0 saturated carbocycles. The third-order valence-corrected chi connectivity index (χ3v) is 5.20. The summed E-state index contributed by atoms with van der Waals surface area (Å²) in [6.07, 6.45) is -4.67. The van der Waals surface area contributed by atoms with E-state index >= 15 is 0 Å². The second-order valence-corrected chi connectivity index (χ2v) is 6.88. The van der Waals surface area contributed by atoms with Gasteiger partial charge in [-0.2, -0.15) is 17.5 Å². The van der Waals surface area contributed by atoms with Crippen molar-refractivity contribution in [2.24, 2.45) is 0 Å². The quantitative estimate of drug-likeness (QED) is 0.713. The molecule has 0 aliphatic rings. The van der Waals surface area contributed by atoms with Crippen LogP contribution in [0.15, 0.2) is 21.5 Å². The third-order valence-electron chi connectivity index (χ3n) is 2.39. The predicted octanol–water partition coefficient (Wildman–Crippen LogP) is 3.69. The molecule has 3 nitrogen and oxygen atoms in total. The Hall–Kier alpha value is -0.740. The van der Waals surface area contributed by atoms with Gasteiger partial charge in [-0.05, 0) is 28.4 Å². The highest BCUT2D eigenvalue weighted by Crippen LogP contribution is 2.30. The first kappa shape index (κ1) is 18.3. The summed E-state index contributed by atoms with van der Waals surface area (Å²) in [5.74, 6) is -2.50. The van der Waals surface area contributed by atoms with Gasteiger partial charge in [0.05, 0.1) is 0 Å². The molecule has 0 N–H and O–H groups in total. The number of hydrogen-bond donors (Lipinski definition) is 0. The van der Waals surface area contributed by atoms with Crippen LogP contribution in [-0.2, 0) is 10.0 Å². The molecule has 0 aliphatic carbocycles. The molecule has 0 amide bonds. The molecular formula is C11H11BrF5NO2S. The fourth-order valence-electron chi connectivity index (χ4n) is 1.64. The molecule has 1 rings (SSSR count). The predicted molar refractivity (Wildman–Crippen MR) is 69.2 cm³/mol. The van der Waals surface area contributed by atoms with Crippen LogP contribution >= 0.6 is 15.9 Å². The Morgan fingerprint density at radius 1 is 1.24 bits per heavy atom. The fraction of sp³-hybridized carbons (Fsp3) is 0.455. The Labute approximate surface area is 126 Å². The van der Waals surface area contributed by atoms with Gasteiger partial charge in [-0.3, -0.25) is 0 Å². The summed E-state index contributed by atoms with van der Waals surface area (Å²) < 4.78 is 88.1. The van der Waals surface area contributed by atoms with E-state index in [9.17, 15) is 30.4 Å². The highest BCUT2D eigenvalue weighted by molar-refractivity contribution is 9.10. The molecule has 0 atom stereocenters. The van der Waals surface area contributed by atoms with Crippen LogP contribution in [0.2, 0.25) is 0 Å². The van der Waals surface area contributed by atoms with E-state index in [1.807, 2.05) is 0 Å². The van der Waals surface area contributed by atoms with Crippen LogP contribution in [0.3, 0.4) is 0 Å². The Bertz CT molecular complexity index is 595. The minimum absolute atomic E-state index is 0.107. The van der Waals surface area contributed by atoms with E-state index in [-0.39, 0.29) is 10.7 Å². The first-order valence-corrected chi connectivity index (χ1v) is 7.93. The van der Waals surface area contributed by atoms with Gasteiger partial charge in [0.25, 0.3) is 0 Å². The summed E-state index contributed by atoms with van der Waals surface area (Å²) in [7, 11) is -4.75. The lowest BCUT2D eigenvalue weighted by Gasteiger charge is -2.23. The highest BCUT2D eigenvalue weighted by Gasteiger charge is 2.38. The van der Waals surface area contributed by atoms with Gasteiger partial charge in [-0.25, -0.2) is 17.2 Å². The van der Waals surface area contributed by atoms with Gasteiger partial charge in [0.1, 0.15) is 23.1 Å². The lowest BCUT2D eigenvalue weighted by molar-refractivity contribution is -0.136. The fourth-order valence-corrected chi connectivity index (χ4v) is 4.27. The summed E-state index contributed by atoms with van der Waals surface area (Å²) in [6, 6.07) is 0.975. The number of sulfonamides is 1. The van der Waals surface area contributed by atoms with Crippen molar-refractivity contribution >= 4 is 26.0 Å². The minimum atomic E-state index is -4.77. The van der Waals surface area contributed by atoms with Gasteiger partial charge in [0, 0.05) is 17.1 Å². The van der Waals surface area contributed by atoms with Gasteiger partial charge < -0.3 is 0 Å². The van der Waals surface area contributed by atoms with Gasteiger partial charge in [0.2, 0.25) is 10.0 Å². The van der Waals surface area contributed by atoms with E-state index in [0.29, 0.717) is 12.1 Å². The Morgan fingerprint density at radius 2 is 1.81 bits per heavy atom. The normalized spacial score (nSPS) is 13.0. The highest BCUT2D eigenvalue weighted by atomic mass is 79.9. The second kappa shape index (κ2) is 6.57. The number of rotatable bonds is 5. The van der Waals surface area contributed by atoms with Gasteiger partial charge in [-0.1, -0.05) is 6.92 Å². The molecule has 120 valence electrons. The maximum atomic E-state index is 13.7. The summed E-state index contributed by atoms with van der Waals surface area (Å²) in [6.45, 7) is -0.702. The van der Waals surface area contributed by atoms with E-state index in [1.165, 1.54) is 6.92 Å². The van der Waals surface area contributed by atoms with Crippen LogP contribution < -0.4 is 0 Å². The summed E-state index contributed by atoms with van der Waals surface area (Å²) in [5.41, 5.74) is 0. The zero-order valence-corrected chi connectivity index (χ0v) is 13.1. The Balaban J connectivity index is 3.36. The number of halogens is 6. The van der Waals surface area contributed by atoms with Crippen molar-refractivity contribution in [3.63, 3.8) is 0 Å². The number of alkyl halides is 3. The molecule has 0 aromatic heterocycles. The SMILES string of the molecule is CCCN(CC(F)(F)F)S(=O)(=O)c1c(F)cc(F)cc1Br. The maximum Gasteiger partial charge on any atom is 0.402 e. The lowest BCUT2D eigenvalue weighted by atomic mass is 10.3. The largest absolute Gasteiger partial charge is 0.402 e. The topological polar surface area (TPSA) is 37.4 Å². The van der Waals surface area contributed by atoms with Crippen LogP contribution in [0, 0.1) is 11.6 Å². The number of benzene rings is 1. The molecule has 0 bridgehead atoms. The van der Waals surface area contributed by atoms with Crippen molar-refractivity contribution in [1.29, 1.82) is 0 Å². The first-order valence-electron chi connectivity index (χ1n) is 5.70. The second-order valence-electron chi connectivity index (χ2n) is 4.15. The van der Waals surface area contributed by atoms with Crippen LogP contribution in [0.1, 0.15) is 13.3 Å². The van der Waals surface area contributed by atoms with Crippen molar-refractivity contribution in [2.75, 3.05) is 13.1 Å². The maximum absolute atomic E-state index is 13.7. The molecule has 0 spiro atoms. The van der Waals surface area contributed by atoms with Crippen molar-refractivity contribution in [1.82, 2.24) is 4.31 Å². The van der Waals surface area contributed by atoms with Crippen molar-refractivity contribution in [3.8, 4) is 0 Å². The summed E-state index contributed by atoms with van der Waals surface area (Å²) in [4.78, 5) is -1.01. The number of nitrogens with zero attached hydrogens (tertiary/aromatic N) is 1. The molecule has 0 heterocycles. The Kier molecular flexibility index (Phi) is 5.73. The zero-order valence-electron chi connectivity index (χ0n) is 10.7. The van der Waals surface area contributed by atoms with E-state index in [4.69, 9.17) is 0 Å². The molecule has 21 heavy (non-hydrogen) atoms. The number of hydrogen-bond acceptors (Lipinski definition) is 2. The first-order chi connectivity index (χ1) is 9.49. The molecular weight excluding hydrogens is 385 g/mol. The Morgan fingerprint density at radius 3 is 2.24 bits per heavy atom. The van der Waals surface area contributed by atoms with Gasteiger partial charge in [0.15, 0.2) is 0 Å². The average Bonchev–Trinajstić information content (AvgIpc) is 2.24. The van der Waals surface area contributed by atoms with E-state index < -0.39 is 50.3 Å². The molecule has 10 heteroatoms. The van der Waals surface area contributed by atoms with E-state index in [0.717, 1.165) is 0 Å². The van der Waals surface area contributed by atoms with Crippen LogP contribution in [-0.4, -0.2) is 32.0 Å². The van der Waals surface area contributed by atoms with Crippen LogP contribution in [0.5, 0.6) is 0 Å². The third kappa shape index (κ3) is 4.62. The van der Waals surface area contributed by atoms with Crippen LogP contribution in [0.25, 0.3) is 0 Å². The zero-order chi connectivity index (χ0) is 16.4. The van der Waals surface area contributed by atoms with E-state index in [2.05, 4.69) is 15.9 Å². The lowest BCUT2D eigenvalue weighted by Crippen LogP contribution is -2.39. The molecule has 1 aromatic carbocycles. The standard InChI is InChI=1S/C11H11BrF5NO2S/c1-2-3-18(6-11(15,16)17)21(19,20)10-8(12)4-7(13)5-9(10)14/h4-5H,2-3,6H2,1H3. The molecule has 1 aromatic rings. The van der Waals surface area contributed by atoms with Crippen molar-refractivity contribution in [3.05, 3.63) is 28.2 Å². The van der Waals surface area contributed by atoms with Crippen molar-refractivity contribution in [2.45, 2.75) is 24.4 Å². The minimum Gasteiger partial charge on any atom is -0.207 e.